The van der Waals surface area contributed by atoms with Crippen molar-refractivity contribution in [1.29, 1.82) is 0 Å². The molecule has 5 heteroatoms. The van der Waals surface area contributed by atoms with Crippen LogP contribution in [0.15, 0.2) is 24.3 Å². The second kappa shape index (κ2) is 5.23. The van der Waals surface area contributed by atoms with Crippen LogP contribution in [0.3, 0.4) is 0 Å². The van der Waals surface area contributed by atoms with E-state index < -0.39 is 0 Å². The predicted molar refractivity (Wildman–Crippen MR) is 72.8 cm³/mol. The van der Waals surface area contributed by atoms with Crippen molar-refractivity contribution in [3.63, 3.8) is 0 Å². The molecule has 0 aliphatic rings. The smallest absolute Gasteiger partial charge is 0.159 e. The van der Waals surface area contributed by atoms with Gasteiger partial charge in [0.15, 0.2) is 5.15 Å². The summed E-state index contributed by atoms with van der Waals surface area (Å²) in [5.41, 5.74) is 8.48. The number of methoxy groups -OCH3 is 1. The Hall–Kier alpha value is -1.81. The summed E-state index contributed by atoms with van der Waals surface area (Å²) in [7, 11) is 1.66. The summed E-state index contributed by atoms with van der Waals surface area (Å²) in [5.74, 6) is 1.22. The predicted octanol–water partition coefficient (Wildman–Crippen LogP) is 2.95. The minimum atomic E-state index is 0.344. The lowest BCUT2D eigenvalue weighted by molar-refractivity contribution is 0.410. The van der Waals surface area contributed by atoms with Crippen molar-refractivity contribution in [2.24, 2.45) is 0 Å². The summed E-state index contributed by atoms with van der Waals surface area (Å²) in [6.45, 7) is 2.07. The number of rotatable bonds is 3. The fourth-order valence-corrected chi connectivity index (χ4v) is 2.02. The fraction of sp³-hybridized carbons (Fsp3) is 0.231. The molecule has 0 aliphatic heterocycles. The molecule has 2 N–H and O–H groups in total. The Morgan fingerprint density at radius 2 is 2.06 bits per heavy atom. The zero-order chi connectivity index (χ0) is 13.1. The first-order chi connectivity index (χ1) is 8.65. The van der Waals surface area contributed by atoms with Crippen molar-refractivity contribution in [1.82, 2.24) is 10.2 Å². The molecule has 2 rings (SSSR count). The number of aromatic nitrogens is 2. The highest BCUT2D eigenvalue weighted by atomic mass is 35.5. The lowest BCUT2D eigenvalue weighted by atomic mass is 10.0. The van der Waals surface area contributed by atoms with Gasteiger partial charge in [0.25, 0.3) is 0 Å². The number of nitrogens with zero attached hydrogens (tertiary/aromatic N) is 2. The molecule has 0 atom stereocenters. The van der Waals surface area contributed by atoms with Gasteiger partial charge in [-0.2, -0.15) is 0 Å². The molecule has 0 saturated carbocycles. The lowest BCUT2D eigenvalue weighted by Crippen LogP contribution is -1.96. The number of hydrogen-bond acceptors (Lipinski definition) is 4. The van der Waals surface area contributed by atoms with E-state index in [0.29, 0.717) is 11.0 Å². The second-order valence-electron chi connectivity index (χ2n) is 3.85. The maximum atomic E-state index is 6.04. The third-order valence-electron chi connectivity index (χ3n) is 2.74. The average Bonchev–Trinajstić information content (AvgIpc) is 2.40. The van der Waals surface area contributed by atoms with Gasteiger partial charge in [0, 0.05) is 5.56 Å². The molecule has 1 aromatic heterocycles. The molecule has 0 aliphatic carbocycles. The molecule has 4 nitrogen and oxygen atoms in total. The zero-order valence-corrected chi connectivity index (χ0v) is 11.0. The third-order valence-corrected chi connectivity index (χ3v) is 3.02. The van der Waals surface area contributed by atoms with Crippen LogP contribution in [0.25, 0.3) is 11.1 Å². The van der Waals surface area contributed by atoms with Crippen molar-refractivity contribution < 1.29 is 4.74 Å². The van der Waals surface area contributed by atoms with Gasteiger partial charge in [-0.15, -0.1) is 10.2 Å². The Bertz CT molecular complexity index is 572. The van der Waals surface area contributed by atoms with Crippen LogP contribution < -0.4 is 10.5 Å². The van der Waals surface area contributed by atoms with Crippen LogP contribution >= 0.6 is 11.6 Å². The van der Waals surface area contributed by atoms with E-state index in [1.807, 2.05) is 18.2 Å². The quantitative estimate of drug-likeness (QED) is 0.925. The highest BCUT2D eigenvalue weighted by Crippen LogP contribution is 2.31. The Labute approximate surface area is 111 Å². The van der Waals surface area contributed by atoms with Gasteiger partial charge in [0.1, 0.15) is 11.6 Å². The largest absolute Gasteiger partial charge is 0.496 e. The molecule has 18 heavy (non-hydrogen) atoms. The van der Waals surface area contributed by atoms with Crippen LogP contribution in [0.4, 0.5) is 5.82 Å². The van der Waals surface area contributed by atoms with Gasteiger partial charge < -0.3 is 10.5 Å². The minimum absolute atomic E-state index is 0.344. The molecule has 0 bridgehead atoms. The van der Waals surface area contributed by atoms with Gasteiger partial charge in [-0.3, -0.25) is 0 Å². The van der Waals surface area contributed by atoms with Crippen LogP contribution in [-0.2, 0) is 6.42 Å². The second-order valence-corrected chi connectivity index (χ2v) is 4.21. The normalized spacial score (nSPS) is 10.4. The SMILES string of the molecule is CCc1cc(-c2cc(N)nnc2Cl)ccc1OC. The lowest BCUT2D eigenvalue weighted by Gasteiger charge is -2.10. The van der Waals surface area contributed by atoms with Gasteiger partial charge in [-0.25, -0.2) is 0 Å². The molecule has 0 unspecified atom stereocenters. The molecule has 0 amide bonds. The van der Waals surface area contributed by atoms with E-state index in [4.69, 9.17) is 22.1 Å². The maximum absolute atomic E-state index is 6.04. The molecule has 0 spiro atoms. The Balaban J connectivity index is 2.54. The first-order valence-electron chi connectivity index (χ1n) is 5.61. The number of nitrogens with two attached hydrogens (primary N) is 1. The molecule has 2 aromatic rings. The summed E-state index contributed by atoms with van der Waals surface area (Å²) in [6, 6.07) is 7.60. The number of ether oxygens (including phenoxy) is 1. The maximum Gasteiger partial charge on any atom is 0.159 e. The molecular weight excluding hydrogens is 250 g/mol. The van der Waals surface area contributed by atoms with Crippen molar-refractivity contribution >= 4 is 17.4 Å². The van der Waals surface area contributed by atoms with E-state index in [2.05, 4.69) is 17.1 Å². The van der Waals surface area contributed by atoms with E-state index in [0.717, 1.165) is 28.9 Å². The molecule has 94 valence electrons. The van der Waals surface area contributed by atoms with Gasteiger partial charge >= 0.3 is 0 Å². The van der Waals surface area contributed by atoms with Gasteiger partial charge in [0.05, 0.1) is 7.11 Å². The number of benzene rings is 1. The third kappa shape index (κ3) is 2.38. The number of nitrogen functional groups attached to an aromatic ring is 1. The summed E-state index contributed by atoms with van der Waals surface area (Å²) >= 11 is 6.04. The molecule has 0 saturated heterocycles. The van der Waals surface area contributed by atoms with Crippen LogP contribution in [-0.4, -0.2) is 17.3 Å². The summed E-state index contributed by atoms with van der Waals surface area (Å²) in [4.78, 5) is 0. The summed E-state index contributed by atoms with van der Waals surface area (Å²) < 4.78 is 5.30. The average molecular weight is 264 g/mol. The minimum Gasteiger partial charge on any atom is -0.496 e. The monoisotopic (exact) mass is 263 g/mol. The van der Waals surface area contributed by atoms with E-state index in [-0.39, 0.29) is 0 Å². The van der Waals surface area contributed by atoms with E-state index in [1.54, 1.807) is 13.2 Å². The van der Waals surface area contributed by atoms with Crippen molar-refractivity contribution in [2.45, 2.75) is 13.3 Å². The Morgan fingerprint density at radius 1 is 1.28 bits per heavy atom. The van der Waals surface area contributed by atoms with Crippen LogP contribution in [0.2, 0.25) is 5.15 Å². The standard InChI is InChI=1S/C13H14ClN3O/c1-3-8-6-9(4-5-11(8)18-2)10-7-12(15)16-17-13(10)14/h4-7H,3H2,1-2H3,(H2,15,16). The van der Waals surface area contributed by atoms with Gasteiger partial charge in [-0.05, 0) is 35.7 Å². The number of anilines is 1. The topological polar surface area (TPSA) is 61.0 Å². The van der Waals surface area contributed by atoms with E-state index in [9.17, 15) is 0 Å². The van der Waals surface area contributed by atoms with Crippen molar-refractivity contribution in [2.75, 3.05) is 12.8 Å². The molecule has 1 heterocycles. The Kier molecular flexibility index (Phi) is 3.67. The van der Waals surface area contributed by atoms with E-state index in [1.165, 1.54) is 0 Å². The van der Waals surface area contributed by atoms with Gasteiger partial charge in [0.2, 0.25) is 0 Å². The van der Waals surface area contributed by atoms with Crippen LogP contribution in [0.5, 0.6) is 5.75 Å². The molecule has 0 fully saturated rings. The first kappa shape index (κ1) is 12.6. The van der Waals surface area contributed by atoms with Gasteiger partial charge in [-0.1, -0.05) is 24.6 Å². The first-order valence-corrected chi connectivity index (χ1v) is 5.99. The molecular formula is C13H14ClN3O. The fourth-order valence-electron chi connectivity index (χ4n) is 1.82. The molecule has 0 radical (unpaired) electrons. The van der Waals surface area contributed by atoms with Crippen LogP contribution in [0.1, 0.15) is 12.5 Å². The number of hydrogen-bond donors (Lipinski definition) is 1. The number of aryl methyl sites for hydroxylation is 1. The molecule has 1 aromatic carbocycles. The number of halogens is 1. The highest BCUT2D eigenvalue weighted by molar-refractivity contribution is 6.32. The summed E-state index contributed by atoms with van der Waals surface area (Å²) in [5, 5.41) is 7.87. The van der Waals surface area contributed by atoms with Crippen LogP contribution in [0, 0.1) is 0 Å². The Morgan fingerprint density at radius 3 is 2.72 bits per heavy atom. The summed E-state index contributed by atoms with van der Waals surface area (Å²) in [6.07, 6.45) is 0.878. The van der Waals surface area contributed by atoms with E-state index >= 15 is 0 Å². The van der Waals surface area contributed by atoms with Crippen molar-refractivity contribution in [3.8, 4) is 16.9 Å². The van der Waals surface area contributed by atoms with Crippen molar-refractivity contribution in [3.05, 3.63) is 35.0 Å². The highest BCUT2D eigenvalue weighted by Gasteiger charge is 2.09. The zero-order valence-electron chi connectivity index (χ0n) is 10.3.